The van der Waals surface area contributed by atoms with Gasteiger partial charge in [-0.1, -0.05) is 43.5 Å². The van der Waals surface area contributed by atoms with Crippen LogP contribution in [0, 0.1) is 15.9 Å². The number of aromatic nitrogens is 2. The molecule has 1 fully saturated rings. The summed E-state index contributed by atoms with van der Waals surface area (Å²) in [5.74, 6) is 0.312. The standard InChI is InChI=1S/C28H24BrFN4O4/c29-23-14-19(15-25(34(36)37)26(23)38-17-18-7-6-10-21(30)13-18)16-31-33-27(20-8-2-1-3-9-20)32-24-12-5-4-11-22(24)28(33)35/h4-7,10-16,20H,1-3,8-9,17H2. The Morgan fingerprint density at radius 1 is 1.13 bits per heavy atom. The zero-order valence-corrected chi connectivity index (χ0v) is 21.9. The number of ether oxygens (including phenoxy) is 1. The van der Waals surface area contributed by atoms with Gasteiger partial charge in [-0.05, 0) is 64.7 Å². The first-order valence-electron chi connectivity index (χ1n) is 12.3. The number of nitro benzene ring substituents is 1. The normalized spacial score (nSPS) is 14.3. The van der Waals surface area contributed by atoms with Gasteiger partial charge in [0.25, 0.3) is 5.56 Å². The second-order valence-electron chi connectivity index (χ2n) is 9.21. The molecule has 0 saturated heterocycles. The van der Waals surface area contributed by atoms with E-state index >= 15 is 0 Å². The summed E-state index contributed by atoms with van der Waals surface area (Å²) in [6.45, 7) is -0.0481. The van der Waals surface area contributed by atoms with Gasteiger partial charge in [-0.2, -0.15) is 9.78 Å². The van der Waals surface area contributed by atoms with Crippen LogP contribution in [-0.4, -0.2) is 20.8 Å². The highest BCUT2D eigenvalue weighted by Crippen LogP contribution is 2.37. The van der Waals surface area contributed by atoms with Crippen LogP contribution in [0.2, 0.25) is 0 Å². The van der Waals surface area contributed by atoms with Gasteiger partial charge in [-0.3, -0.25) is 14.9 Å². The molecule has 38 heavy (non-hydrogen) atoms. The van der Waals surface area contributed by atoms with E-state index in [1.165, 1.54) is 29.1 Å². The van der Waals surface area contributed by atoms with E-state index in [0.717, 1.165) is 32.1 Å². The van der Waals surface area contributed by atoms with Gasteiger partial charge in [0.05, 0.1) is 26.5 Å². The van der Waals surface area contributed by atoms with Crippen molar-refractivity contribution in [2.24, 2.45) is 5.10 Å². The van der Waals surface area contributed by atoms with E-state index in [1.54, 1.807) is 30.3 Å². The van der Waals surface area contributed by atoms with E-state index in [9.17, 15) is 19.3 Å². The molecular formula is C28H24BrFN4O4. The number of nitrogens with zero attached hydrogens (tertiary/aromatic N) is 4. The molecule has 1 aromatic heterocycles. The number of fused-ring (bicyclic) bond motifs is 1. The zero-order chi connectivity index (χ0) is 26.6. The average molecular weight is 579 g/mol. The summed E-state index contributed by atoms with van der Waals surface area (Å²) in [7, 11) is 0. The molecule has 1 aliphatic carbocycles. The van der Waals surface area contributed by atoms with Crippen LogP contribution in [0.25, 0.3) is 10.9 Å². The first-order valence-corrected chi connectivity index (χ1v) is 13.1. The van der Waals surface area contributed by atoms with Crippen molar-refractivity contribution in [2.45, 2.75) is 44.6 Å². The molecule has 1 heterocycles. The van der Waals surface area contributed by atoms with Crippen LogP contribution in [-0.2, 0) is 6.61 Å². The predicted molar refractivity (Wildman–Crippen MR) is 146 cm³/mol. The number of benzene rings is 3. The number of hydrogen-bond acceptors (Lipinski definition) is 6. The lowest BCUT2D eigenvalue weighted by atomic mass is 9.88. The van der Waals surface area contributed by atoms with E-state index in [4.69, 9.17) is 9.72 Å². The molecule has 0 radical (unpaired) electrons. The van der Waals surface area contributed by atoms with Gasteiger partial charge in [0.1, 0.15) is 18.2 Å². The topological polar surface area (TPSA) is 99.6 Å². The van der Waals surface area contributed by atoms with Gasteiger partial charge in [0.15, 0.2) is 0 Å². The van der Waals surface area contributed by atoms with Crippen molar-refractivity contribution in [3.8, 4) is 5.75 Å². The minimum Gasteiger partial charge on any atom is -0.481 e. The van der Waals surface area contributed by atoms with Crippen LogP contribution in [0.3, 0.4) is 0 Å². The number of rotatable bonds is 7. The largest absolute Gasteiger partial charge is 0.481 e. The van der Waals surface area contributed by atoms with Crippen LogP contribution < -0.4 is 10.3 Å². The summed E-state index contributed by atoms with van der Waals surface area (Å²) in [6, 6.07) is 15.9. The molecule has 5 rings (SSSR count). The molecule has 0 atom stereocenters. The maximum atomic E-state index is 13.5. The number of para-hydroxylation sites is 1. The van der Waals surface area contributed by atoms with Crippen LogP contribution in [0.5, 0.6) is 5.75 Å². The predicted octanol–water partition coefficient (Wildman–Crippen LogP) is 6.72. The molecule has 0 spiro atoms. The Morgan fingerprint density at radius 3 is 2.68 bits per heavy atom. The molecule has 8 nitrogen and oxygen atoms in total. The lowest BCUT2D eigenvalue weighted by molar-refractivity contribution is -0.386. The Balaban J connectivity index is 1.51. The first-order chi connectivity index (χ1) is 18.4. The fourth-order valence-electron chi connectivity index (χ4n) is 4.74. The molecule has 3 aromatic carbocycles. The van der Waals surface area contributed by atoms with E-state index in [-0.39, 0.29) is 29.5 Å². The van der Waals surface area contributed by atoms with Crippen LogP contribution in [0.4, 0.5) is 10.1 Å². The van der Waals surface area contributed by atoms with Crippen LogP contribution >= 0.6 is 15.9 Å². The third kappa shape index (κ3) is 5.50. The fraction of sp³-hybridized carbons (Fsp3) is 0.250. The quantitative estimate of drug-likeness (QED) is 0.138. The maximum Gasteiger partial charge on any atom is 0.312 e. The highest BCUT2D eigenvalue weighted by atomic mass is 79.9. The molecule has 1 aliphatic rings. The third-order valence-corrected chi connectivity index (χ3v) is 7.18. The van der Waals surface area contributed by atoms with E-state index in [0.29, 0.717) is 32.3 Å². The van der Waals surface area contributed by atoms with Gasteiger partial charge in [0.2, 0.25) is 5.75 Å². The molecule has 4 aromatic rings. The van der Waals surface area contributed by atoms with E-state index in [2.05, 4.69) is 21.0 Å². The second kappa shape index (κ2) is 11.2. The van der Waals surface area contributed by atoms with E-state index < -0.39 is 10.7 Å². The SMILES string of the molecule is O=c1c2ccccc2nc(C2CCCCC2)n1N=Cc1cc(Br)c(OCc2cccc(F)c2)c([N+](=O)[O-])c1. The van der Waals surface area contributed by atoms with E-state index in [1.807, 2.05) is 12.1 Å². The molecule has 0 aliphatic heterocycles. The molecule has 1 saturated carbocycles. The van der Waals surface area contributed by atoms with Crippen molar-refractivity contribution in [3.63, 3.8) is 0 Å². The minimum atomic E-state index is -0.555. The van der Waals surface area contributed by atoms with Crippen molar-refractivity contribution >= 4 is 38.7 Å². The highest BCUT2D eigenvalue weighted by molar-refractivity contribution is 9.10. The Kier molecular flexibility index (Phi) is 7.59. The van der Waals surface area contributed by atoms with Gasteiger partial charge in [0, 0.05) is 17.5 Å². The van der Waals surface area contributed by atoms with Crippen molar-refractivity contribution in [1.82, 2.24) is 9.66 Å². The number of nitro groups is 1. The summed E-state index contributed by atoms with van der Waals surface area (Å²) in [6.07, 6.45) is 6.55. The first kappa shape index (κ1) is 25.7. The monoisotopic (exact) mass is 578 g/mol. The minimum absolute atomic E-state index is 0.0174. The Morgan fingerprint density at radius 2 is 1.92 bits per heavy atom. The summed E-state index contributed by atoms with van der Waals surface area (Å²) in [4.78, 5) is 29.5. The summed E-state index contributed by atoms with van der Waals surface area (Å²) >= 11 is 3.36. The van der Waals surface area contributed by atoms with Crippen molar-refractivity contribution in [3.05, 3.63) is 108 Å². The zero-order valence-electron chi connectivity index (χ0n) is 20.3. The van der Waals surface area contributed by atoms with Crippen LogP contribution in [0.15, 0.2) is 75.0 Å². The highest BCUT2D eigenvalue weighted by Gasteiger charge is 2.23. The molecule has 0 unspecified atom stereocenters. The molecule has 0 bridgehead atoms. The summed E-state index contributed by atoms with van der Waals surface area (Å²) in [5, 5.41) is 16.8. The Labute approximate surface area is 226 Å². The van der Waals surface area contributed by atoms with Gasteiger partial charge >= 0.3 is 5.69 Å². The molecule has 0 amide bonds. The lowest BCUT2D eigenvalue weighted by Gasteiger charge is -2.22. The van der Waals surface area contributed by atoms with Gasteiger partial charge < -0.3 is 4.74 Å². The van der Waals surface area contributed by atoms with Gasteiger partial charge in [-0.15, -0.1) is 0 Å². The van der Waals surface area contributed by atoms with Crippen molar-refractivity contribution in [2.75, 3.05) is 0 Å². The van der Waals surface area contributed by atoms with Crippen LogP contribution in [0.1, 0.15) is 55.0 Å². The number of hydrogen-bond donors (Lipinski definition) is 0. The summed E-state index contributed by atoms with van der Waals surface area (Å²) < 4.78 is 20.9. The smallest absolute Gasteiger partial charge is 0.312 e. The third-order valence-electron chi connectivity index (χ3n) is 6.59. The molecule has 10 heteroatoms. The van der Waals surface area contributed by atoms with Crippen molar-refractivity contribution in [1.29, 1.82) is 0 Å². The second-order valence-corrected chi connectivity index (χ2v) is 10.1. The van der Waals surface area contributed by atoms with Crippen molar-refractivity contribution < 1.29 is 14.1 Å². The number of halogens is 2. The average Bonchev–Trinajstić information content (AvgIpc) is 2.92. The maximum absolute atomic E-state index is 13.5. The lowest BCUT2D eigenvalue weighted by Crippen LogP contribution is -2.25. The Bertz CT molecular complexity index is 1600. The Hall–Kier alpha value is -3.92. The molecule has 0 N–H and O–H groups in total. The molecular weight excluding hydrogens is 555 g/mol. The summed E-state index contributed by atoms with van der Waals surface area (Å²) in [5.41, 5.74) is 0.999. The molecule has 194 valence electrons. The fourth-order valence-corrected chi connectivity index (χ4v) is 5.32. The van der Waals surface area contributed by atoms with Gasteiger partial charge in [-0.25, -0.2) is 9.37 Å².